The first-order valence-electron chi connectivity index (χ1n) is 8.50. The number of amides is 3. The molecule has 1 aromatic carbocycles. The lowest BCUT2D eigenvalue weighted by molar-refractivity contribution is -0.148. The summed E-state index contributed by atoms with van der Waals surface area (Å²) in [4.78, 5) is 25.0. The number of fused-ring (bicyclic) bond motifs is 1. The van der Waals surface area contributed by atoms with Crippen LogP contribution in [0.25, 0.3) is 0 Å². The van der Waals surface area contributed by atoms with E-state index in [1.807, 2.05) is 12.1 Å². The van der Waals surface area contributed by atoms with Crippen LogP contribution in [-0.2, 0) is 16.0 Å². The summed E-state index contributed by atoms with van der Waals surface area (Å²) in [6, 6.07) is 7.88. The molecule has 130 valence electrons. The number of carbonyl (C=O) groups is 2. The minimum absolute atomic E-state index is 0.0451. The van der Waals surface area contributed by atoms with Crippen LogP contribution < -0.4 is 5.32 Å². The first-order chi connectivity index (χ1) is 11.5. The molecule has 1 fully saturated rings. The van der Waals surface area contributed by atoms with E-state index in [1.54, 1.807) is 0 Å². The van der Waals surface area contributed by atoms with Gasteiger partial charge < -0.3 is 15.2 Å². The highest BCUT2D eigenvalue weighted by Gasteiger charge is 2.41. The molecular weight excluding hydrogens is 308 g/mol. The summed E-state index contributed by atoms with van der Waals surface area (Å²) in [7, 11) is 0. The fourth-order valence-electron chi connectivity index (χ4n) is 3.34. The molecule has 3 rings (SSSR count). The van der Waals surface area contributed by atoms with Crippen molar-refractivity contribution in [1.29, 1.82) is 0 Å². The minimum atomic E-state index is -1.53. The van der Waals surface area contributed by atoms with Crippen LogP contribution in [0.4, 0.5) is 4.79 Å². The monoisotopic (exact) mass is 332 g/mol. The maximum atomic E-state index is 12.1. The predicted molar refractivity (Wildman–Crippen MR) is 88.4 cm³/mol. The van der Waals surface area contributed by atoms with Crippen molar-refractivity contribution in [2.45, 2.75) is 44.3 Å². The van der Waals surface area contributed by atoms with Crippen molar-refractivity contribution in [1.82, 2.24) is 10.2 Å². The average Bonchev–Trinajstić information content (AvgIpc) is 2.58. The van der Waals surface area contributed by atoms with Gasteiger partial charge in [0, 0.05) is 13.2 Å². The Morgan fingerprint density at radius 2 is 2.17 bits per heavy atom. The number of hydrogen-bond donors (Lipinski definition) is 2. The Morgan fingerprint density at radius 1 is 1.38 bits per heavy atom. The third-order valence-electron chi connectivity index (χ3n) is 4.69. The summed E-state index contributed by atoms with van der Waals surface area (Å²) in [6.07, 6.45) is 3.83. The number of β-amino-alcohol motifs (C(OH)–C–C–N with tert-alkyl or cyclic N) is 1. The number of aryl methyl sites for hydroxylation is 1. The smallest absolute Gasteiger partial charge is 0.324 e. The van der Waals surface area contributed by atoms with Gasteiger partial charge in [-0.1, -0.05) is 24.3 Å². The maximum Gasteiger partial charge on any atom is 0.324 e. The molecule has 0 saturated carbocycles. The zero-order valence-electron chi connectivity index (χ0n) is 14.0. The number of carbonyl (C=O) groups excluding carboxylic acids is 2. The SMILES string of the molecule is CC1(O)CNC(=O)N(CCCOC2CCCc3ccccc32)C1=O. The molecular formula is C18H24N2O4. The average molecular weight is 332 g/mol. The van der Waals surface area contributed by atoms with Gasteiger partial charge in [-0.3, -0.25) is 9.69 Å². The highest BCUT2D eigenvalue weighted by Crippen LogP contribution is 2.32. The van der Waals surface area contributed by atoms with Gasteiger partial charge >= 0.3 is 6.03 Å². The van der Waals surface area contributed by atoms with Gasteiger partial charge in [-0.2, -0.15) is 0 Å². The normalized spacial score (nSPS) is 26.9. The highest BCUT2D eigenvalue weighted by molar-refractivity contribution is 6.01. The van der Waals surface area contributed by atoms with E-state index in [0.717, 1.165) is 24.2 Å². The number of aliphatic hydroxyl groups is 1. The van der Waals surface area contributed by atoms with Gasteiger partial charge in [0.1, 0.15) is 0 Å². The van der Waals surface area contributed by atoms with Crippen LogP contribution >= 0.6 is 0 Å². The molecule has 1 aliphatic heterocycles. The second-order valence-electron chi connectivity index (χ2n) is 6.69. The van der Waals surface area contributed by atoms with Gasteiger partial charge in [-0.25, -0.2) is 4.79 Å². The topological polar surface area (TPSA) is 78.9 Å². The molecule has 0 bridgehead atoms. The minimum Gasteiger partial charge on any atom is -0.378 e. The van der Waals surface area contributed by atoms with E-state index in [9.17, 15) is 14.7 Å². The van der Waals surface area contributed by atoms with E-state index in [-0.39, 0.29) is 19.2 Å². The van der Waals surface area contributed by atoms with Crippen LogP contribution in [-0.4, -0.2) is 47.2 Å². The van der Waals surface area contributed by atoms with Crippen LogP contribution in [0.5, 0.6) is 0 Å². The van der Waals surface area contributed by atoms with Crippen molar-refractivity contribution in [3.8, 4) is 0 Å². The van der Waals surface area contributed by atoms with Crippen LogP contribution in [0.3, 0.4) is 0 Å². The molecule has 1 aromatic rings. The molecule has 6 nitrogen and oxygen atoms in total. The van der Waals surface area contributed by atoms with E-state index >= 15 is 0 Å². The number of rotatable bonds is 5. The Hall–Kier alpha value is -1.92. The number of hydrogen-bond acceptors (Lipinski definition) is 4. The quantitative estimate of drug-likeness (QED) is 0.806. The van der Waals surface area contributed by atoms with Gasteiger partial charge in [0.15, 0.2) is 5.60 Å². The first-order valence-corrected chi connectivity index (χ1v) is 8.50. The molecule has 3 amide bonds. The van der Waals surface area contributed by atoms with Gasteiger partial charge in [0.05, 0.1) is 12.6 Å². The van der Waals surface area contributed by atoms with Gasteiger partial charge in [-0.15, -0.1) is 0 Å². The molecule has 2 unspecified atom stereocenters. The Kier molecular flexibility index (Phi) is 4.87. The Bertz CT molecular complexity index is 629. The summed E-state index contributed by atoms with van der Waals surface area (Å²) in [6.45, 7) is 2.08. The van der Waals surface area contributed by atoms with E-state index in [4.69, 9.17) is 4.74 Å². The van der Waals surface area contributed by atoms with Gasteiger partial charge in [0.2, 0.25) is 0 Å². The third-order valence-corrected chi connectivity index (χ3v) is 4.69. The van der Waals surface area contributed by atoms with Crippen molar-refractivity contribution in [2.24, 2.45) is 0 Å². The van der Waals surface area contributed by atoms with Gasteiger partial charge in [0.25, 0.3) is 5.91 Å². The summed E-state index contributed by atoms with van der Waals surface area (Å²) < 4.78 is 5.99. The zero-order valence-corrected chi connectivity index (χ0v) is 14.0. The number of benzene rings is 1. The fraction of sp³-hybridized carbons (Fsp3) is 0.556. The molecule has 0 spiro atoms. The van der Waals surface area contributed by atoms with Crippen molar-refractivity contribution >= 4 is 11.9 Å². The number of nitrogens with zero attached hydrogens (tertiary/aromatic N) is 1. The van der Waals surface area contributed by atoms with Gasteiger partial charge in [-0.05, 0) is 43.7 Å². The molecule has 2 N–H and O–H groups in total. The maximum absolute atomic E-state index is 12.1. The van der Waals surface area contributed by atoms with Crippen LogP contribution in [0.1, 0.15) is 43.4 Å². The molecule has 6 heteroatoms. The van der Waals surface area contributed by atoms with Crippen LogP contribution in [0.2, 0.25) is 0 Å². The molecule has 0 radical (unpaired) electrons. The Labute approximate surface area is 141 Å². The lowest BCUT2D eigenvalue weighted by atomic mass is 9.89. The number of imide groups is 1. The largest absolute Gasteiger partial charge is 0.378 e. The number of ether oxygens (including phenoxy) is 1. The highest BCUT2D eigenvalue weighted by atomic mass is 16.5. The molecule has 1 saturated heterocycles. The first kappa shape index (κ1) is 16.9. The van der Waals surface area contributed by atoms with Crippen molar-refractivity contribution in [2.75, 3.05) is 19.7 Å². The molecule has 2 aliphatic rings. The van der Waals surface area contributed by atoms with Crippen molar-refractivity contribution < 1.29 is 19.4 Å². The zero-order chi connectivity index (χ0) is 17.2. The van der Waals surface area contributed by atoms with E-state index in [0.29, 0.717) is 13.0 Å². The third kappa shape index (κ3) is 3.44. The van der Waals surface area contributed by atoms with E-state index in [2.05, 4.69) is 17.4 Å². The summed E-state index contributed by atoms with van der Waals surface area (Å²) >= 11 is 0. The van der Waals surface area contributed by atoms with Crippen LogP contribution in [0, 0.1) is 0 Å². The van der Waals surface area contributed by atoms with Crippen LogP contribution in [0.15, 0.2) is 24.3 Å². The van der Waals surface area contributed by atoms with E-state index in [1.165, 1.54) is 18.1 Å². The number of urea groups is 1. The molecule has 1 aliphatic carbocycles. The summed E-state index contributed by atoms with van der Waals surface area (Å²) in [5.74, 6) is -0.547. The standard InChI is InChI=1S/C18H24N2O4/c1-18(23)12-19-17(22)20(16(18)21)10-5-11-24-15-9-4-7-13-6-2-3-8-14(13)15/h2-3,6,8,15,23H,4-5,7,9-12H2,1H3,(H,19,22). The molecule has 0 aromatic heterocycles. The lowest BCUT2D eigenvalue weighted by Gasteiger charge is -2.35. The lowest BCUT2D eigenvalue weighted by Crippen LogP contribution is -2.63. The predicted octanol–water partition coefficient (Wildman–Crippen LogP) is 1.77. The second kappa shape index (κ2) is 6.91. The van der Waals surface area contributed by atoms with Crippen molar-refractivity contribution in [3.05, 3.63) is 35.4 Å². The molecule has 2 atom stereocenters. The Balaban J connectivity index is 1.51. The van der Waals surface area contributed by atoms with E-state index < -0.39 is 17.5 Å². The number of nitrogens with one attached hydrogen (secondary N) is 1. The Morgan fingerprint density at radius 3 is 3.00 bits per heavy atom. The van der Waals surface area contributed by atoms with Crippen molar-refractivity contribution in [3.63, 3.8) is 0 Å². The molecule has 1 heterocycles. The second-order valence-corrected chi connectivity index (χ2v) is 6.69. The summed E-state index contributed by atoms with van der Waals surface area (Å²) in [5.41, 5.74) is 1.06. The fourth-order valence-corrected chi connectivity index (χ4v) is 3.34. The molecule has 24 heavy (non-hydrogen) atoms. The summed E-state index contributed by atoms with van der Waals surface area (Å²) in [5, 5.41) is 12.5.